The van der Waals surface area contributed by atoms with Crippen molar-refractivity contribution >= 4 is 11.7 Å². The number of non-ortho nitro benzene ring substituents is 1. The first kappa shape index (κ1) is 21.4. The monoisotopic (exact) mass is 417 g/mol. The second-order valence-electron chi connectivity index (χ2n) is 6.48. The van der Waals surface area contributed by atoms with Crippen molar-refractivity contribution < 1.29 is 33.4 Å². The Kier molecular flexibility index (Phi) is 7.08. The van der Waals surface area contributed by atoms with Gasteiger partial charge in [0.25, 0.3) is 5.69 Å². The lowest BCUT2D eigenvalue weighted by Gasteiger charge is -2.20. The number of hydrogen-bond acceptors (Lipinski definition) is 8. The minimum absolute atomic E-state index is 0.0305. The van der Waals surface area contributed by atoms with E-state index in [0.29, 0.717) is 41.6 Å². The predicted molar refractivity (Wildman–Crippen MR) is 106 cm³/mol. The third-order valence-corrected chi connectivity index (χ3v) is 4.28. The molecule has 0 atom stereocenters. The molecule has 0 aromatic heterocycles. The maximum Gasteiger partial charge on any atom is 0.338 e. The number of benzene rings is 2. The van der Waals surface area contributed by atoms with E-state index in [1.165, 1.54) is 12.1 Å². The van der Waals surface area contributed by atoms with E-state index in [1.807, 2.05) is 13.8 Å². The van der Waals surface area contributed by atoms with Crippen LogP contribution in [0.4, 0.5) is 5.69 Å². The van der Waals surface area contributed by atoms with Crippen LogP contribution in [0.25, 0.3) is 0 Å². The van der Waals surface area contributed by atoms with Crippen LogP contribution in [0, 0.1) is 10.1 Å². The number of carbonyl (C=O) groups excluding carboxylic acids is 1. The van der Waals surface area contributed by atoms with Gasteiger partial charge < -0.3 is 23.7 Å². The van der Waals surface area contributed by atoms with Gasteiger partial charge in [0.15, 0.2) is 18.3 Å². The van der Waals surface area contributed by atoms with Crippen molar-refractivity contribution in [2.24, 2.45) is 0 Å². The van der Waals surface area contributed by atoms with Gasteiger partial charge in [-0.1, -0.05) is 6.92 Å². The Labute approximate surface area is 173 Å². The van der Waals surface area contributed by atoms with E-state index < -0.39 is 10.9 Å². The van der Waals surface area contributed by atoms with Crippen molar-refractivity contribution in [3.8, 4) is 17.2 Å². The maximum atomic E-state index is 12.6. The van der Waals surface area contributed by atoms with Gasteiger partial charge in [-0.25, -0.2) is 4.79 Å². The van der Waals surface area contributed by atoms with Crippen LogP contribution in [0.5, 0.6) is 17.2 Å². The van der Waals surface area contributed by atoms with Gasteiger partial charge in [0.1, 0.15) is 12.4 Å². The van der Waals surface area contributed by atoms with E-state index in [1.54, 1.807) is 18.2 Å². The molecule has 9 nitrogen and oxygen atoms in total. The third kappa shape index (κ3) is 4.98. The first-order chi connectivity index (χ1) is 14.5. The third-order valence-electron chi connectivity index (χ3n) is 4.28. The summed E-state index contributed by atoms with van der Waals surface area (Å²) in [7, 11) is 0. The molecule has 9 heteroatoms. The molecule has 0 unspecified atom stereocenters. The summed E-state index contributed by atoms with van der Waals surface area (Å²) in [4.78, 5) is 23.3. The van der Waals surface area contributed by atoms with E-state index in [2.05, 4.69) is 0 Å². The van der Waals surface area contributed by atoms with Gasteiger partial charge >= 0.3 is 5.97 Å². The number of fused-ring (bicyclic) bond motifs is 1. The van der Waals surface area contributed by atoms with Crippen molar-refractivity contribution in [3.63, 3.8) is 0 Å². The van der Waals surface area contributed by atoms with Gasteiger partial charge in [0.05, 0.1) is 30.3 Å². The fourth-order valence-electron chi connectivity index (χ4n) is 2.95. The molecule has 2 aromatic rings. The first-order valence-electron chi connectivity index (χ1n) is 9.61. The zero-order valence-electron chi connectivity index (χ0n) is 16.8. The summed E-state index contributed by atoms with van der Waals surface area (Å²) in [5.74, 6) is 0.855. The van der Waals surface area contributed by atoms with Gasteiger partial charge in [-0.15, -0.1) is 0 Å². The second kappa shape index (κ2) is 9.93. The minimum atomic E-state index is -0.592. The van der Waals surface area contributed by atoms with Crippen molar-refractivity contribution in [1.82, 2.24) is 0 Å². The summed E-state index contributed by atoms with van der Waals surface area (Å²) in [6, 6.07) is 7.54. The van der Waals surface area contributed by atoms with Crippen LogP contribution in [0.15, 0.2) is 30.3 Å². The van der Waals surface area contributed by atoms with Crippen LogP contribution in [0.2, 0.25) is 0 Å². The van der Waals surface area contributed by atoms with E-state index >= 15 is 0 Å². The molecular formula is C21H23NO8. The lowest BCUT2D eigenvalue weighted by molar-refractivity contribution is -0.385. The zero-order valence-corrected chi connectivity index (χ0v) is 16.8. The number of hydrogen-bond donors (Lipinski definition) is 0. The van der Waals surface area contributed by atoms with Gasteiger partial charge in [0, 0.05) is 23.3 Å². The Hall–Kier alpha value is -3.33. The number of ether oxygens (including phenoxy) is 5. The highest BCUT2D eigenvalue weighted by molar-refractivity contribution is 5.90. The standard InChI is InChI=1S/C21H23NO8/c1-3-7-28-18-6-5-14(10-19(18)27-4-2)21(23)29-12-16-9-17(22(24)25)8-15-11-26-13-30-20(15)16/h5-6,8-10H,3-4,7,11-13H2,1-2H3. The summed E-state index contributed by atoms with van der Waals surface area (Å²) in [6.07, 6.45) is 0.843. The largest absolute Gasteiger partial charge is 0.490 e. The maximum absolute atomic E-state index is 12.6. The van der Waals surface area contributed by atoms with E-state index in [0.717, 1.165) is 6.42 Å². The Morgan fingerprint density at radius 1 is 1.17 bits per heavy atom. The molecule has 30 heavy (non-hydrogen) atoms. The Morgan fingerprint density at radius 2 is 2.00 bits per heavy atom. The van der Waals surface area contributed by atoms with Crippen LogP contribution in [0.3, 0.4) is 0 Å². The summed E-state index contributed by atoms with van der Waals surface area (Å²) in [5.41, 5.74) is 1.11. The molecule has 0 fully saturated rings. The molecule has 160 valence electrons. The number of nitro benzene ring substituents is 1. The highest BCUT2D eigenvalue weighted by Crippen LogP contribution is 2.33. The fourth-order valence-corrected chi connectivity index (χ4v) is 2.95. The van der Waals surface area contributed by atoms with E-state index in [4.69, 9.17) is 23.7 Å². The molecule has 0 saturated heterocycles. The smallest absolute Gasteiger partial charge is 0.338 e. The normalized spacial score (nSPS) is 12.5. The molecule has 0 N–H and O–H groups in total. The number of nitrogens with zero attached hydrogens (tertiary/aromatic N) is 1. The average Bonchev–Trinajstić information content (AvgIpc) is 2.76. The predicted octanol–water partition coefficient (Wildman–Crippen LogP) is 4.01. The number of rotatable bonds is 9. The fraction of sp³-hybridized carbons (Fsp3) is 0.381. The van der Waals surface area contributed by atoms with Gasteiger partial charge in [0.2, 0.25) is 0 Å². The summed E-state index contributed by atoms with van der Waals surface area (Å²) < 4.78 is 27.2. The lowest BCUT2D eigenvalue weighted by atomic mass is 10.1. The van der Waals surface area contributed by atoms with Crippen LogP contribution in [-0.2, 0) is 22.7 Å². The van der Waals surface area contributed by atoms with Crippen LogP contribution < -0.4 is 14.2 Å². The van der Waals surface area contributed by atoms with E-state index in [9.17, 15) is 14.9 Å². The molecule has 1 heterocycles. The number of carbonyl (C=O) groups is 1. The Bertz CT molecular complexity index is 927. The van der Waals surface area contributed by atoms with Crippen LogP contribution >= 0.6 is 0 Å². The molecule has 1 aliphatic rings. The van der Waals surface area contributed by atoms with Crippen molar-refractivity contribution in [2.45, 2.75) is 33.5 Å². The molecule has 0 spiro atoms. The molecule has 1 aliphatic heterocycles. The van der Waals surface area contributed by atoms with Gasteiger partial charge in [-0.2, -0.15) is 0 Å². The molecule has 3 rings (SSSR count). The molecule has 0 bridgehead atoms. The SMILES string of the molecule is CCCOc1ccc(C(=O)OCc2cc([N+](=O)[O-])cc3c2OCOC3)cc1OCC. The van der Waals surface area contributed by atoms with Crippen molar-refractivity contribution in [3.05, 3.63) is 57.1 Å². The second-order valence-corrected chi connectivity index (χ2v) is 6.48. The van der Waals surface area contributed by atoms with Crippen LogP contribution in [-0.4, -0.2) is 30.9 Å². The highest BCUT2D eigenvalue weighted by Gasteiger charge is 2.22. The quantitative estimate of drug-likeness (QED) is 0.342. The Morgan fingerprint density at radius 3 is 2.73 bits per heavy atom. The zero-order chi connectivity index (χ0) is 21.5. The highest BCUT2D eigenvalue weighted by atomic mass is 16.7. The molecule has 2 aromatic carbocycles. The lowest BCUT2D eigenvalue weighted by Crippen LogP contribution is -2.15. The summed E-state index contributed by atoms with van der Waals surface area (Å²) in [6.45, 7) is 4.82. The Balaban J connectivity index is 1.77. The van der Waals surface area contributed by atoms with Gasteiger partial charge in [-0.05, 0) is 31.5 Å². The number of nitro groups is 1. The van der Waals surface area contributed by atoms with E-state index in [-0.39, 0.29) is 31.3 Å². The topological polar surface area (TPSA) is 106 Å². The summed E-state index contributed by atoms with van der Waals surface area (Å²) in [5, 5.41) is 11.2. The molecule has 0 amide bonds. The van der Waals surface area contributed by atoms with Crippen molar-refractivity contribution in [2.75, 3.05) is 20.0 Å². The molecule has 0 aliphatic carbocycles. The molecular weight excluding hydrogens is 394 g/mol. The van der Waals surface area contributed by atoms with Crippen molar-refractivity contribution in [1.29, 1.82) is 0 Å². The van der Waals surface area contributed by atoms with Crippen LogP contribution in [0.1, 0.15) is 41.8 Å². The van der Waals surface area contributed by atoms with Gasteiger partial charge in [-0.3, -0.25) is 10.1 Å². The molecule has 0 saturated carbocycles. The number of esters is 1. The average molecular weight is 417 g/mol. The first-order valence-corrected chi connectivity index (χ1v) is 9.61. The molecule has 0 radical (unpaired) electrons. The minimum Gasteiger partial charge on any atom is -0.490 e. The summed E-state index contributed by atoms with van der Waals surface area (Å²) >= 11 is 0.